The van der Waals surface area contributed by atoms with Crippen LogP contribution in [-0.4, -0.2) is 48.6 Å². The number of nitrogens with one attached hydrogen (secondary N) is 1. The van der Waals surface area contributed by atoms with Crippen LogP contribution in [-0.2, 0) is 11.2 Å². The van der Waals surface area contributed by atoms with Crippen molar-refractivity contribution in [2.45, 2.75) is 18.9 Å². The maximum Gasteiger partial charge on any atom is 0.325 e. The molecule has 0 saturated carbocycles. The zero-order valence-electron chi connectivity index (χ0n) is 16.1. The number of rotatable bonds is 6. The van der Waals surface area contributed by atoms with Crippen molar-refractivity contribution in [2.75, 3.05) is 20.4 Å². The van der Waals surface area contributed by atoms with Crippen molar-refractivity contribution < 1.29 is 28.6 Å². The number of fused-ring (bicyclic) bond motifs is 1. The van der Waals surface area contributed by atoms with Gasteiger partial charge in [-0.15, -0.1) is 0 Å². The van der Waals surface area contributed by atoms with Gasteiger partial charge in [-0.3, -0.25) is 14.5 Å². The Morgan fingerprint density at radius 3 is 2.59 bits per heavy atom. The summed E-state index contributed by atoms with van der Waals surface area (Å²) in [5.74, 6) is 1.10. The van der Waals surface area contributed by atoms with Gasteiger partial charge in [0.05, 0.1) is 13.7 Å². The molecule has 2 aromatic carbocycles. The minimum Gasteiger partial charge on any atom is -0.497 e. The highest BCUT2D eigenvalue weighted by Crippen LogP contribution is 2.34. The number of amides is 3. The third-order valence-electron chi connectivity index (χ3n) is 5.05. The molecule has 150 valence electrons. The fraction of sp³-hybridized carbons (Fsp3) is 0.286. The molecule has 0 spiro atoms. The quantitative estimate of drug-likeness (QED) is 0.594. The maximum atomic E-state index is 13.0. The molecule has 8 nitrogen and oxygen atoms in total. The van der Waals surface area contributed by atoms with E-state index in [1.165, 1.54) is 7.11 Å². The molecule has 0 aliphatic carbocycles. The van der Waals surface area contributed by atoms with Gasteiger partial charge in [0.2, 0.25) is 6.79 Å². The summed E-state index contributed by atoms with van der Waals surface area (Å²) in [4.78, 5) is 38.9. The van der Waals surface area contributed by atoms with Crippen LogP contribution in [0.4, 0.5) is 4.79 Å². The number of imide groups is 1. The second kappa shape index (κ2) is 7.12. The molecule has 1 fully saturated rings. The molecule has 2 aromatic rings. The third kappa shape index (κ3) is 3.49. The van der Waals surface area contributed by atoms with E-state index in [2.05, 4.69) is 5.32 Å². The monoisotopic (exact) mass is 396 g/mol. The van der Waals surface area contributed by atoms with Crippen molar-refractivity contribution in [3.05, 3.63) is 53.6 Å². The van der Waals surface area contributed by atoms with Crippen LogP contribution in [0.25, 0.3) is 0 Å². The molecule has 0 bridgehead atoms. The highest BCUT2D eigenvalue weighted by Gasteiger charge is 2.48. The topological polar surface area (TPSA) is 94.2 Å². The number of urea groups is 1. The Balaban J connectivity index is 1.48. The Hall–Kier alpha value is -3.55. The fourth-order valence-corrected chi connectivity index (χ4v) is 3.48. The number of benzene rings is 2. The van der Waals surface area contributed by atoms with Gasteiger partial charge in [-0.1, -0.05) is 6.07 Å². The van der Waals surface area contributed by atoms with E-state index in [-0.39, 0.29) is 25.5 Å². The number of ketones is 1. The molecular weight excluding hydrogens is 376 g/mol. The average molecular weight is 396 g/mol. The number of ether oxygens (including phenoxy) is 3. The van der Waals surface area contributed by atoms with E-state index >= 15 is 0 Å². The first-order valence-electron chi connectivity index (χ1n) is 9.09. The van der Waals surface area contributed by atoms with Crippen LogP contribution in [0, 0.1) is 0 Å². The lowest BCUT2D eigenvalue weighted by Gasteiger charge is -2.21. The standard InChI is InChI=1S/C21H20N2O6/c1-21(10-13-3-8-17-18(9-13)29-12-28-17)19(25)23(20(26)22-21)11-16(24)14-4-6-15(27-2)7-5-14/h3-9H,10-12H2,1-2H3,(H,22,26)/t21-/m1/s1. The lowest BCUT2D eigenvalue weighted by atomic mass is 9.92. The second-order valence-corrected chi connectivity index (χ2v) is 7.17. The number of hydrogen-bond donors (Lipinski definition) is 1. The van der Waals surface area contributed by atoms with Gasteiger partial charge >= 0.3 is 6.03 Å². The summed E-state index contributed by atoms with van der Waals surface area (Å²) in [6.45, 7) is 1.48. The Morgan fingerprint density at radius 1 is 1.14 bits per heavy atom. The van der Waals surface area contributed by atoms with Gasteiger partial charge in [0, 0.05) is 12.0 Å². The average Bonchev–Trinajstić information content (AvgIpc) is 3.26. The van der Waals surface area contributed by atoms with Crippen LogP contribution in [0.2, 0.25) is 0 Å². The Labute approximate surface area is 167 Å². The summed E-state index contributed by atoms with van der Waals surface area (Å²) in [5.41, 5.74) is 0.0647. The van der Waals surface area contributed by atoms with E-state index < -0.39 is 17.5 Å². The number of hydrogen-bond acceptors (Lipinski definition) is 6. The van der Waals surface area contributed by atoms with Gasteiger partial charge in [0.15, 0.2) is 17.3 Å². The number of Topliss-reactive ketones (excluding diaryl/α,β-unsaturated/α-hetero) is 1. The smallest absolute Gasteiger partial charge is 0.325 e. The number of nitrogens with zero attached hydrogens (tertiary/aromatic N) is 1. The van der Waals surface area contributed by atoms with Gasteiger partial charge in [-0.25, -0.2) is 4.79 Å². The highest BCUT2D eigenvalue weighted by molar-refractivity contribution is 6.11. The van der Waals surface area contributed by atoms with E-state index in [1.54, 1.807) is 43.3 Å². The first-order chi connectivity index (χ1) is 13.9. The Kier molecular flexibility index (Phi) is 4.62. The van der Waals surface area contributed by atoms with Crippen LogP contribution < -0.4 is 19.5 Å². The van der Waals surface area contributed by atoms with E-state index in [4.69, 9.17) is 14.2 Å². The summed E-state index contributed by atoms with van der Waals surface area (Å²) in [5, 5.41) is 2.71. The summed E-state index contributed by atoms with van der Waals surface area (Å²) in [7, 11) is 1.53. The molecule has 0 aromatic heterocycles. The number of carbonyl (C=O) groups excluding carboxylic acids is 3. The van der Waals surface area contributed by atoms with Crippen molar-refractivity contribution in [1.82, 2.24) is 10.2 Å². The molecule has 8 heteroatoms. The predicted molar refractivity (Wildman–Crippen MR) is 102 cm³/mol. The van der Waals surface area contributed by atoms with Gasteiger partial charge < -0.3 is 19.5 Å². The molecule has 2 heterocycles. The predicted octanol–water partition coefficient (Wildman–Crippen LogP) is 2.16. The van der Waals surface area contributed by atoms with Crippen LogP contribution in [0.3, 0.4) is 0 Å². The zero-order chi connectivity index (χ0) is 20.6. The highest BCUT2D eigenvalue weighted by atomic mass is 16.7. The molecular formula is C21H20N2O6. The molecule has 1 atom stereocenters. The normalized spacial score (nSPS) is 20.0. The SMILES string of the molecule is COc1ccc(C(=O)CN2C(=O)N[C@](C)(Cc3ccc4c(c3)OCO4)C2=O)cc1. The van der Waals surface area contributed by atoms with Crippen molar-refractivity contribution >= 4 is 17.7 Å². The van der Waals surface area contributed by atoms with Gasteiger partial charge in [-0.2, -0.15) is 0 Å². The van der Waals surface area contributed by atoms with Crippen molar-refractivity contribution in [2.24, 2.45) is 0 Å². The van der Waals surface area contributed by atoms with Crippen LogP contribution >= 0.6 is 0 Å². The van der Waals surface area contributed by atoms with E-state index in [0.717, 1.165) is 10.5 Å². The Morgan fingerprint density at radius 2 is 1.86 bits per heavy atom. The maximum absolute atomic E-state index is 13.0. The lowest BCUT2D eigenvalue weighted by Crippen LogP contribution is -2.46. The minimum absolute atomic E-state index is 0.160. The van der Waals surface area contributed by atoms with E-state index in [9.17, 15) is 14.4 Å². The largest absolute Gasteiger partial charge is 0.497 e. The minimum atomic E-state index is -1.15. The number of carbonyl (C=O) groups is 3. The summed E-state index contributed by atoms with van der Waals surface area (Å²) < 4.78 is 15.7. The molecule has 3 amide bonds. The summed E-state index contributed by atoms with van der Waals surface area (Å²) >= 11 is 0. The van der Waals surface area contributed by atoms with Gasteiger partial charge in [0.1, 0.15) is 11.3 Å². The van der Waals surface area contributed by atoms with Gasteiger partial charge in [0.25, 0.3) is 5.91 Å². The third-order valence-corrected chi connectivity index (χ3v) is 5.05. The van der Waals surface area contributed by atoms with Crippen molar-refractivity contribution in [3.63, 3.8) is 0 Å². The van der Waals surface area contributed by atoms with Crippen molar-refractivity contribution in [1.29, 1.82) is 0 Å². The molecule has 1 N–H and O–H groups in total. The second-order valence-electron chi connectivity index (χ2n) is 7.17. The van der Waals surface area contributed by atoms with Crippen LogP contribution in [0.5, 0.6) is 17.2 Å². The van der Waals surface area contributed by atoms with Crippen LogP contribution in [0.1, 0.15) is 22.8 Å². The van der Waals surface area contributed by atoms with Crippen LogP contribution in [0.15, 0.2) is 42.5 Å². The first-order valence-corrected chi connectivity index (χ1v) is 9.09. The molecule has 4 rings (SSSR count). The van der Waals surface area contributed by atoms with E-state index in [1.807, 2.05) is 6.07 Å². The summed E-state index contributed by atoms with van der Waals surface area (Å²) in [6.07, 6.45) is 0.265. The Bertz CT molecular complexity index is 987. The summed E-state index contributed by atoms with van der Waals surface area (Å²) in [6, 6.07) is 11.3. The molecule has 29 heavy (non-hydrogen) atoms. The lowest BCUT2D eigenvalue weighted by molar-refractivity contribution is -0.130. The molecule has 2 aliphatic rings. The number of methoxy groups -OCH3 is 1. The zero-order valence-corrected chi connectivity index (χ0v) is 16.1. The molecule has 1 saturated heterocycles. The molecule has 2 aliphatic heterocycles. The molecule has 0 radical (unpaired) electrons. The first kappa shape index (κ1) is 18.8. The van der Waals surface area contributed by atoms with E-state index in [0.29, 0.717) is 22.8 Å². The van der Waals surface area contributed by atoms with Crippen molar-refractivity contribution in [3.8, 4) is 17.2 Å². The van der Waals surface area contributed by atoms with Gasteiger partial charge in [-0.05, 0) is 48.9 Å². The molecule has 0 unspecified atom stereocenters. The fourth-order valence-electron chi connectivity index (χ4n) is 3.48.